The molecule has 1 unspecified atom stereocenters. The van der Waals surface area contributed by atoms with Crippen LogP contribution in [0.3, 0.4) is 0 Å². The molecule has 28 heavy (non-hydrogen) atoms. The van der Waals surface area contributed by atoms with E-state index in [1.807, 2.05) is 49.4 Å². The maximum atomic E-state index is 10.9. The minimum absolute atomic E-state index is 0.581. The Labute approximate surface area is 171 Å². The van der Waals surface area contributed by atoms with Gasteiger partial charge in [-0.25, -0.2) is 0 Å². The third-order valence-corrected chi connectivity index (χ3v) is 6.32. The summed E-state index contributed by atoms with van der Waals surface area (Å²) >= 11 is 1.87. The Balaban J connectivity index is 1.55. The molecule has 0 fully saturated rings. The van der Waals surface area contributed by atoms with Gasteiger partial charge in [-0.15, -0.1) is 11.3 Å². The lowest BCUT2D eigenvalue weighted by Gasteiger charge is -2.28. The number of benzene rings is 2. The summed E-state index contributed by atoms with van der Waals surface area (Å²) in [5.74, 6) is 0.934. The highest BCUT2D eigenvalue weighted by molar-refractivity contribution is 7.19. The predicted octanol–water partition coefficient (Wildman–Crippen LogP) is 4.07. The van der Waals surface area contributed by atoms with Crippen molar-refractivity contribution in [1.82, 2.24) is 9.80 Å². The molecule has 0 saturated carbocycles. The number of aliphatic hydroxyl groups is 1. The molecule has 0 aliphatic carbocycles. The molecule has 1 aliphatic rings. The Morgan fingerprint density at radius 3 is 2.79 bits per heavy atom. The number of hydrogen-bond acceptors (Lipinski definition) is 5. The standard InChI is InChI=1S/C23H28N2O2S/c1-23(26,16-24(2)3)19-8-9-21-18(12-19)14-25(10-11-27-21)15-20-13-17-6-4-5-7-22(17)28-20/h4-9,12-13,26H,10-11,14-16H2,1-3H3. The molecule has 0 bridgehead atoms. The maximum Gasteiger partial charge on any atom is 0.123 e. The van der Waals surface area contributed by atoms with Gasteiger partial charge in [0.1, 0.15) is 12.4 Å². The summed E-state index contributed by atoms with van der Waals surface area (Å²) in [6.07, 6.45) is 0. The number of rotatable bonds is 5. The first-order valence-corrected chi connectivity index (χ1v) is 10.6. The van der Waals surface area contributed by atoms with E-state index < -0.39 is 5.60 Å². The van der Waals surface area contributed by atoms with Gasteiger partial charge in [0.05, 0.1) is 5.60 Å². The van der Waals surface area contributed by atoms with Crippen LogP contribution in [-0.2, 0) is 18.7 Å². The first-order chi connectivity index (χ1) is 13.4. The highest BCUT2D eigenvalue weighted by atomic mass is 32.1. The lowest BCUT2D eigenvalue weighted by molar-refractivity contribution is 0.0299. The zero-order valence-electron chi connectivity index (χ0n) is 16.8. The third-order valence-electron chi connectivity index (χ3n) is 5.22. The molecule has 3 aromatic rings. The van der Waals surface area contributed by atoms with Crippen LogP contribution in [0.1, 0.15) is 22.9 Å². The van der Waals surface area contributed by atoms with E-state index >= 15 is 0 Å². The van der Waals surface area contributed by atoms with Crippen molar-refractivity contribution in [3.63, 3.8) is 0 Å². The number of thiophene rings is 1. The van der Waals surface area contributed by atoms with Gasteiger partial charge in [0.25, 0.3) is 0 Å². The van der Waals surface area contributed by atoms with E-state index in [0.29, 0.717) is 13.2 Å². The molecule has 1 N–H and O–H groups in total. The lowest BCUT2D eigenvalue weighted by atomic mass is 9.93. The zero-order valence-corrected chi connectivity index (χ0v) is 17.6. The Morgan fingerprint density at radius 2 is 2.00 bits per heavy atom. The van der Waals surface area contributed by atoms with Gasteiger partial charge in [0.15, 0.2) is 0 Å². The average molecular weight is 397 g/mol. The topological polar surface area (TPSA) is 35.9 Å². The van der Waals surface area contributed by atoms with Crippen molar-refractivity contribution in [2.45, 2.75) is 25.6 Å². The molecule has 0 saturated heterocycles. The molecule has 4 nitrogen and oxygen atoms in total. The fourth-order valence-corrected chi connectivity index (χ4v) is 5.07. The average Bonchev–Trinajstić information content (AvgIpc) is 2.92. The summed E-state index contributed by atoms with van der Waals surface area (Å²) in [7, 11) is 3.96. The first-order valence-electron chi connectivity index (χ1n) is 9.74. The molecule has 0 radical (unpaired) electrons. The van der Waals surface area contributed by atoms with Gasteiger partial charge < -0.3 is 14.7 Å². The fraction of sp³-hybridized carbons (Fsp3) is 0.391. The molecule has 2 heterocycles. The first kappa shape index (κ1) is 19.4. The molecule has 1 atom stereocenters. The molecule has 5 heteroatoms. The van der Waals surface area contributed by atoms with Gasteiger partial charge in [-0.3, -0.25) is 4.90 Å². The zero-order chi connectivity index (χ0) is 19.7. The van der Waals surface area contributed by atoms with E-state index in [-0.39, 0.29) is 0 Å². The second kappa shape index (κ2) is 7.84. The van der Waals surface area contributed by atoms with Crippen molar-refractivity contribution in [3.8, 4) is 5.75 Å². The van der Waals surface area contributed by atoms with Crippen LogP contribution in [0.4, 0.5) is 0 Å². The number of fused-ring (bicyclic) bond motifs is 2. The van der Waals surface area contributed by atoms with Crippen molar-refractivity contribution in [2.75, 3.05) is 33.8 Å². The second-order valence-corrected chi connectivity index (χ2v) is 9.31. The van der Waals surface area contributed by atoms with Gasteiger partial charge in [-0.2, -0.15) is 0 Å². The number of hydrogen-bond donors (Lipinski definition) is 1. The number of nitrogens with zero attached hydrogens (tertiary/aromatic N) is 2. The molecular formula is C23H28N2O2S. The van der Waals surface area contributed by atoms with Crippen LogP contribution in [0.5, 0.6) is 5.75 Å². The van der Waals surface area contributed by atoms with Crippen LogP contribution >= 0.6 is 11.3 Å². The van der Waals surface area contributed by atoms with Crippen LogP contribution in [0.15, 0.2) is 48.5 Å². The number of ether oxygens (including phenoxy) is 1. The van der Waals surface area contributed by atoms with Crippen LogP contribution in [0.2, 0.25) is 0 Å². The molecule has 148 valence electrons. The van der Waals surface area contributed by atoms with E-state index in [2.05, 4.69) is 41.3 Å². The minimum atomic E-state index is -0.888. The van der Waals surface area contributed by atoms with Gasteiger partial charge in [0.2, 0.25) is 0 Å². The van der Waals surface area contributed by atoms with Gasteiger partial charge in [0, 0.05) is 41.3 Å². The number of likely N-dealkylation sites (N-methyl/N-ethyl adjacent to an activating group) is 1. The Kier molecular flexibility index (Phi) is 5.43. The van der Waals surface area contributed by atoms with Crippen molar-refractivity contribution in [1.29, 1.82) is 0 Å². The lowest BCUT2D eigenvalue weighted by Crippen LogP contribution is -2.34. The van der Waals surface area contributed by atoms with Crippen LogP contribution in [0, 0.1) is 0 Å². The molecular weight excluding hydrogens is 368 g/mol. The predicted molar refractivity (Wildman–Crippen MR) is 116 cm³/mol. The minimum Gasteiger partial charge on any atom is -0.492 e. The molecule has 1 aliphatic heterocycles. The smallest absolute Gasteiger partial charge is 0.123 e. The molecule has 0 amide bonds. The maximum absolute atomic E-state index is 10.9. The van der Waals surface area contributed by atoms with E-state index in [0.717, 1.165) is 36.5 Å². The Bertz CT molecular complexity index is 931. The molecule has 4 rings (SSSR count). The van der Waals surface area contributed by atoms with Gasteiger partial charge in [-0.05, 0) is 56.2 Å². The monoisotopic (exact) mass is 396 g/mol. The van der Waals surface area contributed by atoms with Gasteiger partial charge >= 0.3 is 0 Å². The van der Waals surface area contributed by atoms with Crippen molar-refractivity contribution < 1.29 is 9.84 Å². The highest BCUT2D eigenvalue weighted by Crippen LogP contribution is 2.31. The molecule has 2 aromatic carbocycles. The highest BCUT2D eigenvalue weighted by Gasteiger charge is 2.26. The van der Waals surface area contributed by atoms with Crippen LogP contribution in [0.25, 0.3) is 10.1 Å². The van der Waals surface area contributed by atoms with E-state index in [1.165, 1.54) is 15.0 Å². The van der Waals surface area contributed by atoms with Crippen molar-refractivity contribution >= 4 is 21.4 Å². The second-order valence-electron chi connectivity index (χ2n) is 8.14. The third kappa shape index (κ3) is 4.23. The summed E-state index contributed by atoms with van der Waals surface area (Å²) in [6.45, 7) is 5.78. The Hall–Kier alpha value is -1.92. The molecule has 0 spiro atoms. The van der Waals surface area contributed by atoms with E-state index in [1.54, 1.807) is 0 Å². The normalized spacial score (nSPS) is 17.2. The van der Waals surface area contributed by atoms with Crippen LogP contribution < -0.4 is 4.74 Å². The SMILES string of the molecule is CN(C)CC(C)(O)c1ccc2c(c1)CN(Cc1cc3ccccc3s1)CCO2. The summed E-state index contributed by atoms with van der Waals surface area (Å²) in [6, 6.07) is 17.0. The van der Waals surface area contributed by atoms with E-state index in [9.17, 15) is 5.11 Å². The largest absolute Gasteiger partial charge is 0.492 e. The quantitative estimate of drug-likeness (QED) is 0.705. The van der Waals surface area contributed by atoms with Crippen molar-refractivity contribution in [3.05, 3.63) is 64.5 Å². The Morgan fingerprint density at radius 1 is 1.18 bits per heavy atom. The summed E-state index contributed by atoms with van der Waals surface area (Å²) < 4.78 is 7.33. The summed E-state index contributed by atoms with van der Waals surface area (Å²) in [4.78, 5) is 5.82. The molecule has 1 aromatic heterocycles. The van der Waals surface area contributed by atoms with Crippen LogP contribution in [-0.4, -0.2) is 48.7 Å². The summed E-state index contributed by atoms with van der Waals surface area (Å²) in [5, 5.41) is 12.2. The summed E-state index contributed by atoms with van der Waals surface area (Å²) in [5.41, 5.74) is 1.20. The van der Waals surface area contributed by atoms with E-state index in [4.69, 9.17) is 4.74 Å². The fourth-order valence-electron chi connectivity index (χ4n) is 3.96. The van der Waals surface area contributed by atoms with Gasteiger partial charge in [-0.1, -0.05) is 24.3 Å². The van der Waals surface area contributed by atoms with Crippen molar-refractivity contribution in [2.24, 2.45) is 0 Å².